The molecule has 2 aliphatic heterocycles. The van der Waals surface area contributed by atoms with Gasteiger partial charge in [-0.3, -0.25) is 9.79 Å². The minimum atomic E-state index is -0.0267. The summed E-state index contributed by atoms with van der Waals surface area (Å²) in [4.78, 5) is 23.5. The SMILES string of the molecule is CN1CCC(N=C/C(=C\N)c2cnc(N)c(-c3ccc4c(c3)CCNC4=O)c2)CC1. The molecule has 156 valence electrons. The van der Waals surface area contributed by atoms with Gasteiger partial charge in [-0.05, 0) is 62.7 Å². The first-order valence-corrected chi connectivity index (χ1v) is 10.4. The van der Waals surface area contributed by atoms with Gasteiger partial charge < -0.3 is 21.7 Å². The van der Waals surface area contributed by atoms with E-state index in [1.54, 1.807) is 12.4 Å². The number of piperidine rings is 1. The Morgan fingerprint density at radius 1 is 1.27 bits per heavy atom. The number of fused-ring (bicyclic) bond motifs is 1. The molecule has 4 rings (SSSR count). The zero-order chi connectivity index (χ0) is 21.1. The van der Waals surface area contributed by atoms with Crippen molar-refractivity contribution >= 4 is 23.5 Å². The quantitative estimate of drug-likeness (QED) is 0.676. The first kappa shape index (κ1) is 20.1. The van der Waals surface area contributed by atoms with E-state index in [-0.39, 0.29) is 5.91 Å². The number of allylic oxidation sites excluding steroid dienone is 1. The molecule has 0 unspecified atom stereocenters. The van der Waals surface area contributed by atoms with Gasteiger partial charge in [0.15, 0.2) is 0 Å². The molecule has 1 aromatic heterocycles. The number of carbonyl (C=O) groups is 1. The van der Waals surface area contributed by atoms with Gasteiger partial charge in [0, 0.05) is 47.4 Å². The minimum absolute atomic E-state index is 0.0267. The van der Waals surface area contributed by atoms with Gasteiger partial charge in [0.1, 0.15) is 5.82 Å². The number of nitrogens with one attached hydrogen (secondary N) is 1. The summed E-state index contributed by atoms with van der Waals surface area (Å²) in [5.74, 6) is 0.420. The maximum atomic E-state index is 12.0. The molecule has 2 aliphatic rings. The first-order chi connectivity index (χ1) is 14.5. The van der Waals surface area contributed by atoms with Gasteiger partial charge in [-0.15, -0.1) is 0 Å². The molecular formula is C23H28N6O. The second-order valence-electron chi connectivity index (χ2n) is 7.97. The number of pyridine rings is 1. The predicted molar refractivity (Wildman–Crippen MR) is 121 cm³/mol. The van der Waals surface area contributed by atoms with Crippen LogP contribution in [0.2, 0.25) is 0 Å². The van der Waals surface area contributed by atoms with E-state index in [0.29, 0.717) is 18.4 Å². The molecule has 3 heterocycles. The van der Waals surface area contributed by atoms with Crippen LogP contribution in [0.25, 0.3) is 16.7 Å². The van der Waals surface area contributed by atoms with Crippen LogP contribution in [-0.4, -0.2) is 54.7 Å². The lowest BCUT2D eigenvalue weighted by Crippen LogP contribution is -2.32. The number of aliphatic imine (C=N–C) groups is 1. The van der Waals surface area contributed by atoms with Crippen LogP contribution in [-0.2, 0) is 6.42 Å². The fourth-order valence-electron chi connectivity index (χ4n) is 4.00. The Labute approximate surface area is 176 Å². The number of hydrogen-bond acceptors (Lipinski definition) is 6. The van der Waals surface area contributed by atoms with Crippen molar-refractivity contribution in [2.24, 2.45) is 10.7 Å². The molecule has 0 radical (unpaired) electrons. The van der Waals surface area contributed by atoms with Crippen molar-refractivity contribution in [3.8, 4) is 11.1 Å². The summed E-state index contributed by atoms with van der Waals surface area (Å²) < 4.78 is 0. The molecule has 0 aliphatic carbocycles. The van der Waals surface area contributed by atoms with E-state index >= 15 is 0 Å². The van der Waals surface area contributed by atoms with Crippen LogP contribution in [0, 0.1) is 0 Å². The smallest absolute Gasteiger partial charge is 0.251 e. The number of hydrogen-bond donors (Lipinski definition) is 3. The number of aromatic nitrogens is 1. The van der Waals surface area contributed by atoms with Crippen molar-refractivity contribution in [3.05, 3.63) is 53.4 Å². The number of nitrogen functional groups attached to an aromatic ring is 1. The lowest BCUT2D eigenvalue weighted by atomic mass is 9.94. The van der Waals surface area contributed by atoms with Gasteiger partial charge in [-0.25, -0.2) is 4.98 Å². The molecule has 1 aromatic carbocycles. The average molecular weight is 405 g/mol. The number of nitrogens with two attached hydrogens (primary N) is 2. The minimum Gasteiger partial charge on any atom is -0.404 e. The van der Waals surface area contributed by atoms with E-state index in [4.69, 9.17) is 16.5 Å². The van der Waals surface area contributed by atoms with Gasteiger partial charge in [0.2, 0.25) is 0 Å². The van der Waals surface area contributed by atoms with Gasteiger partial charge >= 0.3 is 0 Å². The largest absolute Gasteiger partial charge is 0.404 e. The topological polar surface area (TPSA) is 110 Å². The molecule has 0 bridgehead atoms. The van der Waals surface area contributed by atoms with Crippen LogP contribution >= 0.6 is 0 Å². The second kappa shape index (κ2) is 8.67. The lowest BCUT2D eigenvalue weighted by Gasteiger charge is -2.26. The van der Waals surface area contributed by atoms with E-state index < -0.39 is 0 Å². The third-order valence-electron chi connectivity index (χ3n) is 5.88. The highest BCUT2D eigenvalue weighted by molar-refractivity contribution is 6.10. The van der Waals surface area contributed by atoms with Crippen LogP contribution in [0.15, 0.2) is 41.7 Å². The van der Waals surface area contributed by atoms with E-state index in [1.807, 2.05) is 30.5 Å². The number of rotatable bonds is 4. The Balaban J connectivity index is 1.60. The molecule has 1 saturated heterocycles. The molecule has 1 amide bonds. The highest BCUT2D eigenvalue weighted by Crippen LogP contribution is 2.30. The molecule has 7 nitrogen and oxygen atoms in total. The molecule has 30 heavy (non-hydrogen) atoms. The molecular weight excluding hydrogens is 376 g/mol. The average Bonchev–Trinajstić information content (AvgIpc) is 2.76. The van der Waals surface area contributed by atoms with Crippen molar-refractivity contribution in [1.29, 1.82) is 0 Å². The van der Waals surface area contributed by atoms with Crippen molar-refractivity contribution in [3.63, 3.8) is 0 Å². The fourth-order valence-corrected chi connectivity index (χ4v) is 4.00. The zero-order valence-corrected chi connectivity index (χ0v) is 17.3. The Hall–Kier alpha value is -3.19. The fraction of sp³-hybridized carbons (Fsp3) is 0.348. The number of carbonyl (C=O) groups excluding carboxylic acids is 1. The van der Waals surface area contributed by atoms with Crippen LogP contribution in [0.3, 0.4) is 0 Å². The maximum Gasteiger partial charge on any atom is 0.251 e. The van der Waals surface area contributed by atoms with Gasteiger partial charge in [0.05, 0.1) is 6.04 Å². The summed E-state index contributed by atoms with van der Waals surface area (Å²) in [6, 6.07) is 8.12. The number of nitrogens with zero attached hydrogens (tertiary/aromatic N) is 3. The van der Waals surface area contributed by atoms with Gasteiger partial charge in [-0.2, -0.15) is 0 Å². The van der Waals surface area contributed by atoms with Crippen molar-refractivity contribution in [2.45, 2.75) is 25.3 Å². The Morgan fingerprint density at radius 2 is 2.07 bits per heavy atom. The van der Waals surface area contributed by atoms with E-state index in [0.717, 1.165) is 65.7 Å². The first-order valence-electron chi connectivity index (χ1n) is 10.4. The highest BCUT2D eigenvalue weighted by Gasteiger charge is 2.18. The van der Waals surface area contributed by atoms with Gasteiger partial charge in [0.25, 0.3) is 5.91 Å². The third kappa shape index (κ3) is 4.21. The summed E-state index contributed by atoms with van der Waals surface area (Å²) in [5, 5.41) is 2.87. The summed E-state index contributed by atoms with van der Waals surface area (Å²) in [5.41, 5.74) is 17.3. The van der Waals surface area contributed by atoms with E-state index in [1.165, 1.54) is 0 Å². The van der Waals surface area contributed by atoms with Crippen LogP contribution < -0.4 is 16.8 Å². The van der Waals surface area contributed by atoms with Crippen LogP contribution in [0.4, 0.5) is 5.82 Å². The number of likely N-dealkylation sites (tertiary alicyclic amines) is 1. The summed E-state index contributed by atoms with van der Waals surface area (Å²) in [6.45, 7) is 2.78. The number of benzene rings is 1. The Kier molecular flexibility index (Phi) is 5.81. The van der Waals surface area contributed by atoms with Crippen LogP contribution in [0.1, 0.15) is 34.3 Å². The van der Waals surface area contributed by atoms with E-state index in [2.05, 4.69) is 22.2 Å². The van der Waals surface area contributed by atoms with Crippen molar-refractivity contribution < 1.29 is 4.79 Å². The highest BCUT2D eigenvalue weighted by atomic mass is 16.1. The van der Waals surface area contributed by atoms with E-state index in [9.17, 15) is 4.79 Å². The van der Waals surface area contributed by atoms with Crippen molar-refractivity contribution in [1.82, 2.24) is 15.2 Å². The molecule has 2 aromatic rings. The standard InChI is InChI=1S/C23H28N6O/c1-29-8-5-19(6-9-29)27-14-18(12-24)17-11-21(22(25)28-13-17)15-2-3-20-16(10-15)4-7-26-23(20)30/h2-3,10-14,19H,4-9,24H2,1H3,(H2,25,28)(H,26,30)/b18-12+,27-14?. The maximum absolute atomic E-state index is 12.0. The summed E-state index contributed by atoms with van der Waals surface area (Å²) in [6.07, 6.45) is 8.05. The molecule has 0 saturated carbocycles. The summed E-state index contributed by atoms with van der Waals surface area (Å²) >= 11 is 0. The number of anilines is 1. The lowest BCUT2D eigenvalue weighted by molar-refractivity contribution is 0.0946. The zero-order valence-electron chi connectivity index (χ0n) is 17.3. The van der Waals surface area contributed by atoms with Crippen molar-refractivity contribution in [2.75, 3.05) is 32.4 Å². The number of amides is 1. The third-order valence-corrected chi connectivity index (χ3v) is 5.88. The Bertz CT molecular complexity index is 1000. The monoisotopic (exact) mass is 404 g/mol. The molecule has 0 spiro atoms. The molecule has 7 heteroatoms. The van der Waals surface area contributed by atoms with Gasteiger partial charge in [-0.1, -0.05) is 12.1 Å². The molecule has 0 atom stereocenters. The Morgan fingerprint density at radius 3 is 2.83 bits per heavy atom. The second-order valence-corrected chi connectivity index (χ2v) is 7.97. The molecule has 1 fully saturated rings. The normalized spacial score (nSPS) is 18.4. The molecule has 5 N–H and O–H groups in total. The summed E-state index contributed by atoms with van der Waals surface area (Å²) in [7, 11) is 2.14. The predicted octanol–water partition coefficient (Wildman–Crippen LogP) is 2.08. The van der Waals surface area contributed by atoms with Crippen LogP contribution in [0.5, 0.6) is 0 Å².